The standard InChI is InChI=1S/C16H19Cl/c1-16(2,3)11-15(17)14-10-6-8-12-7-4-5-9-13(12)14/h4-10,15H,11H2,1-3H3. The molecule has 17 heavy (non-hydrogen) atoms. The molecule has 0 aromatic heterocycles. The molecule has 2 rings (SSSR count). The van der Waals surface area contributed by atoms with Crippen molar-refractivity contribution in [2.75, 3.05) is 0 Å². The van der Waals surface area contributed by atoms with E-state index in [-0.39, 0.29) is 10.8 Å². The Labute approximate surface area is 109 Å². The Hall–Kier alpha value is -1.01. The summed E-state index contributed by atoms with van der Waals surface area (Å²) in [6, 6.07) is 14.8. The van der Waals surface area contributed by atoms with Gasteiger partial charge in [-0.25, -0.2) is 0 Å². The minimum Gasteiger partial charge on any atom is -0.118 e. The fourth-order valence-electron chi connectivity index (χ4n) is 2.17. The molecule has 2 aromatic carbocycles. The summed E-state index contributed by atoms with van der Waals surface area (Å²) in [6.07, 6.45) is 0.989. The zero-order valence-corrected chi connectivity index (χ0v) is 11.5. The molecule has 0 aliphatic carbocycles. The van der Waals surface area contributed by atoms with Crippen LogP contribution in [0.2, 0.25) is 0 Å². The lowest BCUT2D eigenvalue weighted by Crippen LogP contribution is -2.08. The summed E-state index contributed by atoms with van der Waals surface area (Å²) in [5, 5.41) is 2.63. The van der Waals surface area contributed by atoms with Gasteiger partial charge in [0.15, 0.2) is 0 Å². The van der Waals surface area contributed by atoms with Crippen LogP contribution in [0.25, 0.3) is 10.8 Å². The fraction of sp³-hybridized carbons (Fsp3) is 0.375. The smallest absolute Gasteiger partial charge is 0.0596 e. The first-order valence-electron chi connectivity index (χ1n) is 6.09. The van der Waals surface area contributed by atoms with Crippen LogP contribution >= 0.6 is 11.6 Å². The summed E-state index contributed by atoms with van der Waals surface area (Å²) < 4.78 is 0. The van der Waals surface area contributed by atoms with Gasteiger partial charge in [0.2, 0.25) is 0 Å². The molecular weight excluding hydrogens is 228 g/mol. The molecule has 0 N–H and O–H groups in total. The maximum absolute atomic E-state index is 6.57. The van der Waals surface area contributed by atoms with Crippen LogP contribution in [0, 0.1) is 5.41 Å². The number of hydrogen-bond donors (Lipinski definition) is 0. The van der Waals surface area contributed by atoms with E-state index in [1.165, 1.54) is 16.3 Å². The van der Waals surface area contributed by atoms with Gasteiger partial charge >= 0.3 is 0 Å². The molecule has 0 spiro atoms. The lowest BCUT2D eigenvalue weighted by molar-refractivity contribution is 0.373. The Balaban J connectivity index is 2.41. The first kappa shape index (κ1) is 12.4. The lowest BCUT2D eigenvalue weighted by atomic mass is 9.87. The highest BCUT2D eigenvalue weighted by Gasteiger charge is 2.19. The summed E-state index contributed by atoms with van der Waals surface area (Å²) in [5.74, 6) is 0. The normalized spacial score (nSPS) is 13.9. The molecule has 1 unspecified atom stereocenters. The third-order valence-electron chi connectivity index (χ3n) is 2.95. The molecule has 0 aliphatic heterocycles. The van der Waals surface area contributed by atoms with Crippen molar-refractivity contribution in [1.82, 2.24) is 0 Å². The lowest BCUT2D eigenvalue weighted by Gasteiger charge is -2.23. The first-order valence-corrected chi connectivity index (χ1v) is 6.53. The van der Waals surface area contributed by atoms with E-state index < -0.39 is 0 Å². The first-order chi connectivity index (χ1) is 7.97. The van der Waals surface area contributed by atoms with E-state index >= 15 is 0 Å². The van der Waals surface area contributed by atoms with Gasteiger partial charge in [0.25, 0.3) is 0 Å². The predicted molar refractivity (Wildman–Crippen MR) is 76.6 cm³/mol. The quantitative estimate of drug-likeness (QED) is 0.609. The van der Waals surface area contributed by atoms with Gasteiger partial charge in [-0.05, 0) is 28.2 Å². The van der Waals surface area contributed by atoms with Crippen molar-refractivity contribution < 1.29 is 0 Å². The van der Waals surface area contributed by atoms with Crippen molar-refractivity contribution in [3.05, 3.63) is 48.0 Å². The average Bonchev–Trinajstić information content (AvgIpc) is 2.26. The third kappa shape index (κ3) is 3.01. The van der Waals surface area contributed by atoms with Crippen molar-refractivity contribution in [3.8, 4) is 0 Å². The molecule has 0 saturated carbocycles. The van der Waals surface area contributed by atoms with E-state index in [0.29, 0.717) is 0 Å². The molecule has 0 nitrogen and oxygen atoms in total. The second-order valence-electron chi connectivity index (χ2n) is 5.80. The molecule has 0 radical (unpaired) electrons. The Morgan fingerprint density at radius 2 is 1.65 bits per heavy atom. The molecule has 0 fully saturated rings. The molecule has 0 bridgehead atoms. The maximum atomic E-state index is 6.57. The minimum absolute atomic E-state index is 0.0844. The van der Waals surface area contributed by atoms with Gasteiger partial charge < -0.3 is 0 Å². The second kappa shape index (κ2) is 4.70. The van der Waals surface area contributed by atoms with Crippen molar-refractivity contribution in [2.45, 2.75) is 32.6 Å². The van der Waals surface area contributed by atoms with Crippen LogP contribution in [0.1, 0.15) is 38.1 Å². The van der Waals surface area contributed by atoms with Gasteiger partial charge in [0, 0.05) is 0 Å². The van der Waals surface area contributed by atoms with Crippen LogP contribution in [0.15, 0.2) is 42.5 Å². The van der Waals surface area contributed by atoms with E-state index in [0.717, 1.165) is 6.42 Å². The fourth-order valence-corrected chi connectivity index (χ4v) is 2.82. The molecule has 0 aliphatic rings. The van der Waals surface area contributed by atoms with Crippen LogP contribution in [-0.2, 0) is 0 Å². The molecule has 2 aromatic rings. The van der Waals surface area contributed by atoms with E-state index in [9.17, 15) is 0 Å². The number of rotatable bonds is 2. The summed E-state index contributed by atoms with van der Waals surface area (Å²) >= 11 is 6.57. The topological polar surface area (TPSA) is 0 Å². The zero-order valence-electron chi connectivity index (χ0n) is 10.7. The maximum Gasteiger partial charge on any atom is 0.0596 e. The highest BCUT2D eigenvalue weighted by atomic mass is 35.5. The number of benzene rings is 2. The largest absolute Gasteiger partial charge is 0.118 e. The Morgan fingerprint density at radius 1 is 1.00 bits per heavy atom. The van der Waals surface area contributed by atoms with Gasteiger partial charge in [0.1, 0.15) is 0 Å². The predicted octanol–water partition coefficient (Wildman–Crippen LogP) is 5.56. The van der Waals surface area contributed by atoms with Gasteiger partial charge in [-0.3, -0.25) is 0 Å². The van der Waals surface area contributed by atoms with Crippen LogP contribution < -0.4 is 0 Å². The van der Waals surface area contributed by atoms with Gasteiger partial charge in [0.05, 0.1) is 5.38 Å². The molecular formula is C16H19Cl. The number of fused-ring (bicyclic) bond motifs is 1. The number of alkyl halides is 1. The van der Waals surface area contributed by atoms with Crippen molar-refractivity contribution >= 4 is 22.4 Å². The molecule has 1 heteroatoms. The Morgan fingerprint density at radius 3 is 2.35 bits per heavy atom. The van der Waals surface area contributed by atoms with Crippen LogP contribution in [-0.4, -0.2) is 0 Å². The Bertz CT molecular complexity index is 503. The summed E-state index contributed by atoms with van der Waals surface area (Å²) in [4.78, 5) is 0. The molecule has 90 valence electrons. The SMILES string of the molecule is CC(C)(C)CC(Cl)c1cccc2ccccc12. The van der Waals surface area contributed by atoms with E-state index in [1.54, 1.807) is 0 Å². The Kier molecular flexibility index (Phi) is 3.44. The summed E-state index contributed by atoms with van der Waals surface area (Å²) in [5.41, 5.74) is 1.50. The second-order valence-corrected chi connectivity index (χ2v) is 6.33. The summed E-state index contributed by atoms with van der Waals surface area (Å²) in [7, 11) is 0. The third-order valence-corrected chi connectivity index (χ3v) is 3.34. The van der Waals surface area contributed by atoms with Gasteiger partial charge in [-0.15, -0.1) is 11.6 Å². The van der Waals surface area contributed by atoms with E-state index in [2.05, 4.69) is 63.2 Å². The van der Waals surface area contributed by atoms with Crippen LogP contribution in [0.5, 0.6) is 0 Å². The van der Waals surface area contributed by atoms with Crippen molar-refractivity contribution in [1.29, 1.82) is 0 Å². The van der Waals surface area contributed by atoms with Crippen molar-refractivity contribution in [2.24, 2.45) is 5.41 Å². The summed E-state index contributed by atoms with van der Waals surface area (Å²) in [6.45, 7) is 6.69. The molecule has 0 amide bonds. The zero-order chi connectivity index (χ0) is 12.5. The van der Waals surface area contributed by atoms with E-state index in [4.69, 9.17) is 11.6 Å². The number of hydrogen-bond acceptors (Lipinski definition) is 0. The molecule has 0 heterocycles. The van der Waals surface area contributed by atoms with Crippen LogP contribution in [0.4, 0.5) is 0 Å². The van der Waals surface area contributed by atoms with Crippen LogP contribution in [0.3, 0.4) is 0 Å². The average molecular weight is 247 g/mol. The van der Waals surface area contributed by atoms with E-state index in [1.807, 2.05) is 0 Å². The number of halogens is 1. The highest BCUT2D eigenvalue weighted by molar-refractivity contribution is 6.21. The minimum atomic E-state index is 0.0844. The molecule has 1 atom stereocenters. The molecule has 0 saturated heterocycles. The highest BCUT2D eigenvalue weighted by Crippen LogP contribution is 2.37. The van der Waals surface area contributed by atoms with Gasteiger partial charge in [-0.2, -0.15) is 0 Å². The van der Waals surface area contributed by atoms with Crippen molar-refractivity contribution in [3.63, 3.8) is 0 Å². The monoisotopic (exact) mass is 246 g/mol. The van der Waals surface area contributed by atoms with Gasteiger partial charge in [-0.1, -0.05) is 63.2 Å².